The summed E-state index contributed by atoms with van der Waals surface area (Å²) >= 11 is 0. The minimum atomic E-state index is 0.120. The van der Waals surface area contributed by atoms with Crippen LogP contribution in [0.25, 0.3) is 0 Å². The van der Waals surface area contributed by atoms with E-state index in [9.17, 15) is 4.79 Å². The van der Waals surface area contributed by atoms with E-state index in [0.29, 0.717) is 18.5 Å². The van der Waals surface area contributed by atoms with Crippen LogP contribution in [-0.2, 0) is 11.2 Å². The van der Waals surface area contributed by atoms with Crippen LogP contribution >= 0.6 is 0 Å². The van der Waals surface area contributed by atoms with Crippen LogP contribution in [0.2, 0.25) is 0 Å². The van der Waals surface area contributed by atoms with Crippen LogP contribution in [0.1, 0.15) is 32.3 Å². The van der Waals surface area contributed by atoms with Crippen molar-refractivity contribution in [2.45, 2.75) is 51.2 Å². The highest BCUT2D eigenvalue weighted by Crippen LogP contribution is 2.13. The van der Waals surface area contributed by atoms with Gasteiger partial charge in [0.25, 0.3) is 0 Å². The molecule has 0 bridgehead atoms. The minimum Gasteiger partial charge on any atom is -0.352 e. The molecule has 3 atom stereocenters. The lowest BCUT2D eigenvalue weighted by atomic mass is 9.95. The third-order valence-corrected chi connectivity index (χ3v) is 3.62. The summed E-state index contributed by atoms with van der Waals surface area (Å²) in [6.07, 6.45) is 2.66. The largest absolute Gasteiger partial charge is 0.352 e. The molecule has 0 aliphatic carbocycles. The summed E-state index contributed by atoms with van der Waals surface area (Å²) in [6.45, 7) is 4.33. The van der Waals surface area contributed by atoms with Crippen LogP contribution < -0.4 is 10.6 Å². The number of piperidine rings is 1. The van der Waals surface area contributed by atoms with Gasteiger partial charge in [-0.3, -0.25) is 4.79 Å². The van der Waals surface area contributed by atoms with Crippen molar-refractivity contribution >= 4 is 5.91 Å². The molecule has 1 aromatic rings. The van der Waals surface area contributed by atoms with Gasteiger partial charge in [0.2, 0.25) is 5.91 Å². The van der Waals surface area contributed by atoms with E-state index in [1.807, 2.05) is 30.3 Å². The van der Waals surface area contributed by atoms with E-state index in [0.717, 1.165) is 18.4 Å². The SMILES string of the molecule is CC1CCC(NC(=O)Cc2ccccc2)C(C)N1. The van der Waals surface area contributed by atoms with Crippen molar-refractivity contribution < 1.29 is 4.79 Å². The first-order valence-corrected chi connectivity index (χ1v) is 6.74. The average molecular weight is 246 g/mol. The van der Waals surface area contributed by atoms with Gasteiger partial charge in [0.15, 0.2) is 0 Å². The Balaban J connectivity index is 1.84. The van der Waals surface area contributed by atoms with E-state index in [2.05, 4.69) is 24.5 Å². The van der Waals surface area contributed by atoms with E-state index in [1.54, 1.807) is 0 Å². The van der Waals surface area contributed by atoms with Crippen molar-refractivity contribution in [3.8, 4) is 0 Å². The van der Waals surface area contributed by atoms with E-state index < -0.39 is 0 Å². The number of carbonyl (C=O) groups excluding carboxylic acids is 1. The highest BCUT2D eigenvalue weighted by molar-refractivity contribution is 5.78. The molecule has 0 spiro atoms. The Morgan fingerprint density at radius 2 is 2.00 bits per heavy atom. The number of hydrogen-bond acceptors (Lipinski definition) is 2. The van der Waals surface area contributed by atoms with Gasteiger partial charge in [0.1, 0.15) is 0 Å². The maximum absolute atomic E-state index is 12.0. The first-order valence-electron chi connectivity index (χ1n) is 6.74. The molecule has 1 amide bonds. The fourth-order valence-electron chi connectivity index (χ4n) is 2.56. The molecule has 1 heterocycles. The van der Waals surface area contributed by atoms with Gasteiger partial charge >= 0.3 is 0 Å². The van der Waals surface area contributed by atoms with Crippen LogP contribution in [0.4, 0.5) is 0 Å². The molecular formula is C15H22N2O. The second kappa shape index (κ2) is 6.01. The number of benzene rings is 1. The molecular weight excluding hydrogens is 224 g/mol. The molecule has 3 nitrogen and oxygen atoms in total. The summed E-state index contributed by atoms with van der Waals surface area (Å²) in [7, 11) is 0. The zero-order valence-electron chi connectivity index (χ0n) is 11.1. The Labute approximate surface area is 109 Å². The van der Waals surface area contributed by atoms with Crippen molar-refractivity contribution in [3.63, 3.8) is 0 Å². The van der Waals surface area contributed by atoms with Crippen molar-refractivity contribution in [1.82, 2.24) is 10.6 Å². The number of amides is 1. The maximum atomic E-state index is 12.0. The maximum Gasteiger partial charge on any atom is 0.224 e. The van der Waals surface area contributed by atoms with Crippen LogP contribution in [0, 0.1) is 0 Å². The summed E-state index contributed by atoms with van der Waals surface area (Å²) in [6, 6.07) is 11.1. The molecule has 1 fully saturated rings. The van der Waals surface area contributed by atoms with Gasteiger partial charge in [-0.1, -0.05) is 30.3 Å². The van der Waals surface area contributed by atoms with E-state index in [1.165, 1.54) is 0 Å². The zero-order chi connectivity index (χ0) is 13.0. The molecule has 1 aliphatic rings. The number of hydrogen-bond donors (Lipinski definition) is 2. The Kier molecular flexibility index (Phi) is 4.37. The quantitative estimate of drug-likeness (QED) is 0.855. The number of rotatable bonds is 3. The predicted octanol–water partition coefficient (Wildman–Crippen LogP) is 1.87. The predicted molar refractivity (Wildman–Crippen MR) is 73.4 cm³/mol. The fraction of sp³-hybridized carbons (Fsp3) is 0.533. The van der Waals surface area contributed by atoms with Gasteiger partial charge in [-0.25, -0.2) is 0 Å². The second-order valence-electron chi connectivity index (χ2n) is 5.27. The highest BCUT2D eigenvalue weighted by atomic mass is 16.1. The van der Waals surface area contributed by atoms with E-state index in [-0.39, 0.29) is 11.9 Å². The topological polar surface area (TPSA) is 41.1 Å². The summed E-state index contributed by atoms with van der Waals surface area (Å²) in [5.74, 6) is 0.120. The summed E-state index contributed by atoms with van der Waals surface area (Å²) in [5, 5.41) is 6.62. The average Bonchev–Trinajstić information content (AvgIpc) is 2.34. The van der Waals surface area contributed by atoms with Gasteiger partial charge < -0.3 is 10.6 Å². The molecule has 0 aromatic heterocycles. The molecule has 2 rings (SSSR count). The Morgan fingerprint density at radius 1 is 1.28 bits per heavy atom. The zero-order valence-corrected chi connectivity index (χ0v) is 11.1. The van der Waals surface area contributed by atoms with Crippen LogP contribution in [-0.4, -0.2) is 24.0 Å². The Morgan fingerprint density at radius 3 is 2.67 bits per heavy atom. The first-order chi connectivity index (χ1) is 8.65. The summed E-state index contributed by atoms with van der Waals surface area (Å²) < 4.78 is 0. The van der Waals surface area contributed by atoms with Gasteiger partial charge in [-0.15, -0.1) is 0 Å². The first kappa shape index (κ1) is 13.1. The van der Waals surface area contributed by atoms with Gasteiger partial charge in [0, 0.05) is 18.1 Å². The minimum absolute atomic E-state index is 0.120. The molecule has 2 N–H and O–H groups in total. The number of carbonyl (C=O) groups is 1. The molecule has 18 heavy (non-hydrogen) atoms. The lowest BCUT2D eigenvalue weighted by Gasteiger charge is -2.34. The standard InChI is InChI=1S/C15H22N2O/c1-11-8-9-14(12(2)16-11)17-15(18)10-13-6-4-3-5-7-13/h3-7,11-12,14,16H,8-10H2,1-2H3,(H,17,18). The van der Waals surface area contributed by atoms with Crippen molar-refractivity contribution in [2.24, 2.45) is 0 Å². The van der Waals surface area contributed by atoms with Crippen LogP contribution in [0.3, 0.4) is 0 Å². The van der Waals surface area contributed by atoms with Gasteiger partial charge in [-0.05, 0) is 32.3 Å². The smallest absolute Gasteiger partial charge is 0.224 e. The normalized spacial score (nSPS) is 27.8. The van der Waals surface area contributed by atoms with E-state index in [4.69, 9.17) is 0 Å². The van der Waals surface area contributed by atoms with Crippen molar-refractivity contribution in [1.29, 1.82) is 0 Å². The summed E-state index contributed by atoms with van der Waals surface area (Å²) in [4.78, 5) is 12.0. The van der Waals surface area contributed by atoms with Crippen molar-refractivity contribution in [3.05, 3.63) is 35.9 Å². The molecule has 1 saturated heterocycles. The van der Waals surface area contributed by atoms with E-state index >= 15 is 0 Å². The Hall–Kier alpha value is -1.35. The van der Waals surface area contributed by atoms with Gasteiger partial charge in [-0.2, -0.15) is 0 Å². The van der Waals surface area contributed by atoms with Crippen LogP contribution in [0.15, 0.2) is 30.3 Å². The van der Waals surface area contributed by atoms with Crippen molar-refractivity contribution in [2.75, 3.05) is 0 Å². The molecule has 0 radical (unpaired) electrons. The third-order valence-electron chi connectivity index (χ3n) is 3.62. The van der Waals surface area contributed by atoms with Crippen LogP contribution in [0.5, 0.6) is 0 Å². The molecule has 1 aliphatic heterocycles. The third kappa shape index (κ3) is 3.57. The molecule has 3 unspecified atom stereocenters. The monoisotopic (exact) mass is 246 g/mol. The molecule has 98 valence electrons. The second-order valence-corrected chi connectivity index (χ2v) is 5.27. The fourth-order valence-corrected chi connectivity index (χ4v) is 2.56. The summed E-state index contributed by atoms with van der Waals surface area (Å²) in [5.41, 5.74) is 1.07. The molecule has 1 aromatic carbocycles. The Bertz CT molecular complexity index is 391. The highest BCUT2D eigenvalue weighted by Gasteiger charge is 2.25. The molecule has 0 saturated carbocycles. The van der Waals surface area contributed by atoms with Gasteiger partial charge in [0.05, 0.1) is 6.42 Å². The number of nitrogens with one attached hydrogen (secondary N) is 2. The lowest BCUT2D eigenvalue weighted by Crippen LogP contribution is -2.55. The molecule has 3 heteroatoms. The lowest BCUT2D eigenvalue weighted by molar-refractivity contribution is -0.121.